The number of hydrogen-bond acceptors (Lipinski definition) is 6. The number of imidazole rings is 1. The van der Waals surface area contributed by atoms with E-state index in [-0.39, 0.29) is 5.78 Å². The topological polar surface area (TPSA) is 66.3 Å². The fraction of sp³-hybridized carbons (Fsp3) is 0.552. The average Bonchev–Trinajstić information content (AvgIpc) is 3.20. The summed E-state index contributed by atoms with van der Waals surface area (Å²) in [4.78, 5) is 26.8. The molecule has 2 atom stereocenters. The number of carbonyl (C=O) groups is 1. The molecule has 192 valence electrons. The number of pyridine rings is 1. The largest absolute Gasteiger partial charge is 0.356 e. The molecule has 7 nitrogen and oxygen atoms in total. The summed E-state index contributed by atoms with van der Waals surface area (Å²) in [5.74, 6) is 3.29. The molecular weight excluding hydrogens is 448 g/mol. The van der Waals surface area contributed by atoms with Gasteiger partial charge in [0.2, 0.25) is 5.95 Å². The molecule has 5 rings (SSSR count). The minimum absolute atomic E-state index is 0.0737. The van der Waals surface area contributed by atoms with E-state index in [9.17, 15) is 4.79 Å². The fourth-order valence-electron chi connectivity index (χ4n) is 5.88. The number of aryl methyl sites for hydroxylation is 1. The summed E-state index contributed by atoms with van der Waals surface area (Å²) in [6.07, 6.45) is 6.33. The molecule has 0 spiro atoms. The van der Waals surface area contributed by atoms with E-state index in [1.165, 1.54) is 38.8 Å². The van der Waals surface area contributed by atoms with Gasteiger partial charge in [-0.1, -0.05) is 20.3 Å². The van der Waals surface area contributed by atoms with Gasteiger partial charge in [-0.25, -0.2) is 9.97 Å². The van der Waals surface area contributed by atoms with Crippen molar-refractivity contribution in [3.8, 4) is 0 Å². The first kappa shape index (κ1) is 24.8. The molecule has 7 heteroatoms. The van der Waals surface area contributed by atoms with Crippen LogP contribution in [0.4, 0.5) is 17.5 Å². The van der Waals surface area contributed by atoms with Crippen LogP contribution in [0.5, 0.6) is 0 Å². The quantitative estimate of drug-likeness (QED) is 0.408. The fourth-order valence-corrected chi connectivity index (χ4v) is 5.88. The van der Waals surface area contributed by atoms with Crippen molar-refractivity contribution in [3.63, 3.8) is 0 Å². The Balaban J connectivity index is 1.42. The van der Waals surface area contributed by atoms with Crippen LogP contribution in [-0.4, -0.2) is 57.9 Å². The van der Waals surface area contributed by atoms with Crippen LogP contribution in [0.2, 0.25) is 0 Å². The van der Waals surface area contributed by atoms with Gasteiger partial charge in [0.05, 0.1) is 0 Å². The molecule has 36 heavy (non-hydrogen) atoms. The summed E-state index contributed by atoms with van der Waals surface area (Å²) < 4.78 is 2.25. The molecule has 1 aromatic carbocycles. The van der Waals surface area contributed by atoms with Crippen LogP contribution in [0.3, 0.4) is 0 Å². The maximum atomic E-state index is 11.7. The molecule has 2 aliphatic rings. The van der Waals surface area contributed by atoms with Gasteiger partial charge in [-0.3, -0.25) is 9.36 Å². The number of rotatable bonds is 8. The number of nitrogens with zero attached hydrogens (tertiary/aromatic N) is 5. The molecule has 0 aliphatic carbocycles. The lowest BCUT2D eigenvalue weighted by Crippen LogP contribution is -2.39. The van der Waals surface area contributed by atoms with Gasteiger partial charge in [0.1, 0.15) is 11.3 Å². The SMILES string of the molecule is CC(=O)c1ccc(Nc2nc3ccc(N4CC(C)CC(C)C4)nc3n2CCCN2CCCCC2)cc1. The highest BCUT2D eigenvalue weighted by Gasteiger charge is 2.24. The molecule has 1 N–H and O–H groups in total. The number of benzene rings is 1. The number of likely N-dealkylation sites (tertiary alicyclic amines) is 1. The number of carbonyl (C=O) groups excluding carboxylic acids is 1. The summed E-state index contributed by atoms with van der Waals surface area (Å²) in [5.41, 5.74) is 3.50. The lowest BCUT2D eigenvalue weighted by molar-refractivity contribution is 0.101. The highest BCUT2D eigenvalue weighted by molar-refractivity contribution is 5.94. The van der Waals surface area contributed by atoms with Crippen molar-refractivity contribution in [1.29, 1.82) is 0 Å². The van der Waals surface area contributed by atoms with Gasteiger partial charge < -0.3 is 15.1 Å². The molecule has 2 aliphatic heterocycles. The van der Waals surface area contributed by atoms with E-state index in [0.717, 1.165) is 61.2 Å². The number of fused-ring (bicyclic) bond motifs is 1. The molecular formula is C29H40N6O. The third-order valence-corrected chi connectivity index (χ3v) is 7.62. The molecule has 3 aromatic rings. The van der Waals surface area contributed by atoms with Crippen LogP contribution >= 0.6 is 0 Å². The Morgan fingerprint density at radius 1 is 0.944 bits per heavy atom. The van der Waals surface area contributed by atoms with Crippen molar-refractivity contribution >= 4 is 34.4 Å². The molecule has 0 bridgehead atoms. The van der Waals surface area contributed by atoms with E-state index < -0.39 is 0 Å². The predicted molar refractivity (Wildman–Crippen MR) is 147 cm³/mol. The average molecular weight is 489 g/mol. The van der Waals surface area contributed by atoms with Gasteiger partial charge in [-0.15, -0.1) is 0 Å². The Morgan fingerprint density at radius 2 is 1.67 bits per heavy atom. The van der Waals surface area contributed by atoms with E-state index >= 15 is 0 Å². The van der Waals surface area contributed by atoms with Crippen molar-refractivity contribution in [2.24, 2.45) is 11.8 Å². The standard InChI is InChI=1S/C29H40N6O/c1-21-18-22(2)20-34(19-21)27-13-12-26-28(32-27)35(17-7-16-33-14-5-4-6-15-33)29(31-26)30-25-10-8-24(9-11-25)23(3)36/h8-13,21-22H,4-7,14-20H2,1-3H3,(H,30,31). The third-order valence-electron chi connectivity index (χ3n) is 7.62. The molecule has 2 saturated heterocycles. The second-order valence-electron chi connectivity index (χ2n) is 11.0. The van der Waals surface area contributed by atoms with E-state index in [4.69, 9.17) is 9.97 Å². The summed E-state index contributed by atoms with van der Waals surface area (Å²) in [6.45, 7) is 12.8. The zero-order chi connectivity index (χ0) is 25.1. The minimum Gasteiger partial charge on any atom is -0.356 e. The number of anilines is 3. The summed E-state index contributed by atoms with van der Waals surface area (Å²) >= 11 is 0. The van der Waals surface area contributed by atoms with Gasteiger partial charge >= 0.3 is 0 Å². The highest BCUT2D eigenvalue weighted by atomic mass is 16.1. The number of aromatic nitrogens is 3. The maximum Gasteiger partial charge on any atom is 0.209 e. The van der Waals surface area contributed by atoms with Gasteiger partial charge in [0, 0.05) is 30.9 Å². The number of nitrogens with one attached hydrogen (secondary N) is 1. The number of Topliss-reactive ketones (excluding diaryl/α,β-unsaturated/α-hetero) is 1. The van der Waals surface area contributed by atoms with Gasteiger partial charge in [-0.05, 0) is 100 Å². The van der Waals surface area contributed by atoms with Crippen molar-refractivity contribution in [2.75, 3.05) is 42.9 Å². The maximum absolute atomic E-state index is 11.7. The Hall–Kier alpha value is -2.93. The molecule has 0 amide bonds. The zero-order valence-corrected chi connectivity index (χ0v) is 22.0. The van der Waals surface area contributed by atoms with Crippen LogP contribution in [0.15, 0.2) is 36.4 Å². The lowest BCUT2D eigenvalue weighted by atomic mass is 9.92. The van der Waals surface area contributed by atoms with Crippen LogP contribution in [-0.2, 0) is 6.54 Å². The van der Waals surface area contributed by atoms with E-state index in [2.05, 4.69) is 45.7 Å². The van der Waals surface area contributed by atoms with Crippen molar-refractivity contribution < 1.29 is 4.79 Å². The Kier molecular flexibility index (Phi) is 7.56. The number of ketones is 1. The van der Waals surface area contributed by atoms with Crippen LogP contribution in [0.1, 0.15) is 63.2 Å². The van der Waals surface area contributed by atoms with Crippen molar-refractivity contribution in [3.05, 3.63) is 42.0 Å². The Labute approximate surface area is 214 Å². The predicted octanol–water partition coefficient (Wildman–Crippen LogP) is 5.74. The second kappa shape index (κ2) is 11.0. The summed E-state index contributed by atoms with van der Waals surface area (Å²) in [6, 6.07) is 11.9. The minimum atomic E-state index is 0.0737. The van der Waals surface area contributed by atoms with Gasteiger partial charge in [0.15, 0.2) is 11.4 Å². The van der Waals surface area contributed by atoms with Crippen molar-refractivity contribution in [1.82, 2.24) is 19.4 Å². The summed E-state index contributed by atoms with van der Waals surface area (Å²) in [5, 5.41) is 3.50. The molecule has 2 fully saturated rings. The molecule has 0 saturated carbocycles. The normalized spacial score (nSPS) is 21.1. The number of hydrogen-bond donors (Lipinski definition) is 1. The van der Waals surface area contributed by atoms with Gasteiger partial charge in [-0.2, -0.15) is 0 Å². The first-order chi connectivity index (χ1) is 17.5. The van der Waals surface area contributed by atoms with E-state index in [1.807, 2.05) is 24.3 Å². The van der Waals surface area contributed by atoms with Crippen molar-refractivity contribution in [2.45, 2.75) is 59.4 Å². The molecule has 2 unspecified atom stereocenters. The molecule has 0 radical (unpaired) electrons. The van der Waals surface area contributed by atoms with E-state index in [0.29, 0.717) is 17.4 Å². The van der Waals surface area contributed by atoms with Crippen LogP contribution < -0.4 is 10.2 Å². The first-order valence-electron chi connectivity index (χ1n) is 13.7. The Bertz CT molecular complexity index is 1170. The number of piperidine rings is 2. The van der Waals surface area contributed by atoms with E-state index in [1.54, 1.807) is 6.92 Å². The smallest absolute Gasteiger partial charge is 0.209 e. The third kappa shape index (κ3) is 5.72. The zero-order valence-electron chi connectivity index (χ0n) is 22.0. The second-order valence-corrected chi connectivity index (χ2v) is 11.0. The van der Waals surface area contributed by atoms with Crippen LogP contribution in [0.25, 0.3) is 11.2 Å². The highest BCUT2D eigenvalue weighted by Crippen LogP contribution is 2.29. The van der Waals surface area contributed by atoms with Crippen LogP contribution in [0, 0.1) is 11.8 Å². The molecule has 4 heterocycles. The molecule has 2 aromatic heterocycles. The summed E-state index contributed by atoms with van der Waals surface area (Å²) in [7, 11) is 0. The lowest BCUT2D eigenvalue weighted by Gasteiger charge is -2.35. The van der Waals surface area contributed by atoms with Gasteiger partial charge in [0.25, 0.3) is 0 Å². The first-order valence-corrected chi connectivity index (χ1v) is 13.7. The Morgan fingerprint density at radius 3 is 2.36 bits per heavy atom. The monoisotopic (exact) mass is 488 g/mol.